The Morgan fingerprint density at radius 2 is 1.77 bits per heavy atom. The maximum atomic E-state index is 12.9. The van der Waals surface area contributed by atoms with Crippen LogP contribution in [0, 0.1) is 0 Å². The second kappa shape index (κ2) is 9.04. The van der Waals surface area contributed by atoms with Gasteiger partial charge < -0.3 is 0 Å². The molecule has 1 amide bonds. The summed E-state index contributed by atoms with van der Waals surface area (Å²) in [6, 6.07) is 16.2. The number of aromatic amines is 1. The highest BCUT2D eigenvalue weighted by atomic mass is 16.2. The van der Waals surface area contributed by atoms with Crippen LogP contribution in [0.5, 0.6) is 0 Å². The van der Waals surface area contributed by atoms with E-state index < -0.39 is 0 Å². The van der Waals surface area contributed by atoms with Crippen LogP contribution in [-0.4, -0.2) is 37.3 Å². The topological polar surface area (TPSA) is 87.1 Å². The first-order valence-corrected chi connectivity index (χ1v) is 10.6. The van der Waals surface area contributed by atoms with Gasteiger partial charge in [0, 0.05) is 12.0 Å². The highest BCUT2D eigenvalue weighted by molar-refractivity contribution is 6.12. The van der Waals surface area contributed by atoms with Crippen molar-refractivity contribution >= 4 is 11.7 Å². The third kappa shape index (κ3) is 4.30. The number of hydrogen-bond donors (Lipinski definition) is 1. The Kier molecular flexibility index (Phi) is 6.02. The van der Waals surface area contributed by atoms with E-state index >= 15 is 0 Å². The Morgan fingerprint density at radius 1 is 1.03 bits per heavy atom. The minimum atomic E-state index is -0.00219. The van der Waals surface area contributed by atoms with Gasteiger partial charge in [0.25, 0.3) is 5.91 Å². The average molecular weight is 415 g/mol. The number of amidine groups is 1. The predicted octanol–water partition coefficient (Wildman–Crippen LogP) is 4.76. The number of nitrogens with one attached hydrogen (secondary N) is 1. The van der Waals surface area contributed by atoms with Gasteiger partial charge in [0.1, 0.15) is 11.5 Å². The van der Waals surface area contributed by atoms with Gasteiger partial charge in [-0.3, -0.25) is 9.69 Å². The number of allylic oxidation sites excluding steroid dienone is 1. The number of aliphatic imine (C=N–C) groups is 1. The van der Waals surface area contributed by atoms with E-state index in [1.54, 1.807) is 0 Å². The van der Waals surface area contributed by atoms with Crippen LogP contribution in [0.4, 0.5) is 0 Å². The lowest BCUT2D eigenvalue weighted by molar-refractivity contribution is -0.123. The Hall–Kier alpha value is -3.61. The highest BCUT2D eigenvalue weighted by Gasteiger charge is 2.30. The van der Waals surface area contributed by atoms with Crippen LogP contribution in [0.1, 0.15) is 45.6 Å². The van der Waals surface area contributed by atoms with Crippen molar-refractivity contribution in [1.82, 2.24) is 25.5 Å². The zero-order valence-corrected chi connectivity index (χ0v) is 18.1. The van der Waals surface area contributed by atoms with E-state index in [9.17, 15) is 4.79 Å². The van der Waals surface area contributed by atoms with Gasteiger partial charge in [-0.2, -0.15) is 5.21 Å². The highest BCUT2D eigenvalue weighted by Crippen LogP contribution is 2.30. The van der Waals surface area contributed by atoms with E-state index in [1.165, 1.54) is 0 Å². The van der Waals surface area contributed by atoms with E-state index in [-0.39, 0.29) is 5.91 Å². The number of nitrogens with zero attached hydrogens (tertiary/aromatic N) is 5. The molecule has 0 aliphatic carbocycles. The zero-order valence-electron chi connectivity index (χ0n) is 18.1. The molecule has 1 aliphatic rings. The fraction of sp³-hybridized carbons (Fsp3) is 0.292. The first-order valence-electron chi connectivity index (χ1n) is 10.6. The molecule has 0 unspecified atom stereocenters. The Labute approximate surface area is 181 Å². The van der Waals surface area contributed by atoms with Crippen molar-refractivity contribution < 1.29 is 4.79 Å². The van der Waals surface area contributed by atoms with Crippen molar-refractivity contribution in [1.29, 1.82) is 0 Å². The Balaban J connectivity index is 1.58. The second-order valence-electron chi connectivity index (χ2n) is 7.85. The summed E-state index contributed by atoms with van der Waals surface area (Å²) in [5.41, 5.74) is 5.60. The molecule has 0 saturated heterocycles. The zero-order chi connectivity index (χ0) is 21.8. The number of amides is 1. The monoisotopic (exact) mass is 414 g/mol. The molecular formula is C24H26N6O. The summed E-state index contributed by atoms with van der Waals surface area (Å²) >= 11 is 0. The molecule has 1 aromatic heterocycles. The van der Waals surface area contributed by atoms with Gasteiger partial charge in [-0.05, 0) is 47.7 Å². The van der Waals surface area contributed by atoms with Crippen LogP contribution < -0.4 is 0 Å². The number of carbonyl (C=O) groups is 1. The molecule has 1 aliphatic heterocycles. The van der Waals surface area contributed by atoms with Crippen molar-refractivity contribution in [3.05, 3.63) is 65.4 Å². The molecule has 2 heterocycles. The van der Waals surface area contributed by atoms with E-state index in [0.29, 0.717) is 18.1 Å². The standard InChI is InChI=1S/C24H26N6O/c1-4-5-10-21-25-22(16(2)3)24(31)30(21)15-17-11-13-18(14-12-17)19-8-6-7-9-20(19)23-26-28-29-27-23/h6-9,11-14H,4-5,10,15H2,1-3H3,(H,26,27,28,29). The molecule has 1 N–H and O–H groups in total. The van der Waals surface area contributed by atoms with Crippen molar-refractivity contribution in [2.24, 2.45) is 4.99 Å². The molecule has 4 rings (SSSR count). The Bertz CT molecular complexity index is 1130. The average Bonchev–Trinajstić information content (AvgIpc) is 3.42. The normalized spacial score (nSPS) is 13.6. The van der Waals surface area contributed by atoms with Gasteiger partial charge >= 0.3 is 0 Å². The smallest absolute Gasteiger partial charge is 0.278 e. The number of H-pyrrole nitrogens is 1. The summed E-state index contributed by atoms with van der Waals surface area (Å²) in [6.07, 6.45) is 2.90. The van der Waals surface area contributed by atoms with E-state index in [2.05, 4.69) is 56.8 Å². The van der Waals surface area contributed by atoms with Crippen LogP contribution >= 0.6 is 0 Å². The van der Waals surface area contributed by atoms with Gasteiger partial charge in [0.15, 0.2) is 0 Å². The van der Waals surface area contributed by atoms with Crippen LogP contribution in [0.2, 0.25) is 0 Å². The summed E-state index contributed by atoms with van der Waals surface area (Å²) in [7, 11) is 0. The second-order valence-corrected chi connectivity index (χ2v) is 7.85. The molecule has 7 nitrogen and oxygen atoms in total. The van der Waals surface area contributed by atoms with Crippen LogP contribution in [0.3, 0.4) is 0 Å². The number of rotatable bonds is 7. The molecule has 158 valence electrons. The molecule has 2 aromatic carbocycles. The summed E-state index contributed by atoms with van der Waals surface area (Å²) < 4.78 is 0. The first kappa shape index (κ1) is 20.7. The molecule has 0 bridgehead atoms. The van der Waals surface area contributed by atoms with E-state index in [1.807, 2.05) is 43.0 Å². The predicted molar refractivity (Wildman–Crippen MR) is 121 cm³/mol. The minimum absolute atomic E-state index is 0.00219. The number of tetrazole rings is 1. The van der Waals surface area contributed by atoms with Crippen LogP contribution in [0.15, 0.2) is 64.8 Å². The number of carbonyl (C=O) groups excluding carboxylic acids is 1. The summed E-state index contributed by atoms with van der Waals surface area (Å²) in [6.45, 7) is 6.54. The molecule has 0 spiro atoms. The van der Waals surface area contributed by atoms with Gasteiger partial charge in [-0.25, -0.2) is 4.99 Å². The van der Waals surface area contributed by atoms with Gasteiger partial charge in [0.2, 0.25) is 5.82 Å². The molecular weight excluding hydrogens is 388 g/mol. The van der Waals surface area contributed by atoms with Crippen molar-refractivity contribution in [3.8, 4) is 22.5 Å². The molecule has 31 heavy (non-hydrogen) atoms. The quantitative estimate of drug-likeness (QED) is 0.565. The van der Waals surface area contributed by atoms with Crippen molar-refractivity contribution in [2.75, 3.05) is 0 Å². The Morgan fingerprint density at radius 3 is 2.42 bits per heavy atom. The molecule has 0 radical (unpaired) electrons. The third-order valence-electron chi connectivity index (χ3n) is 5.35. The number of unbranched alkanes of at least 4 members (excludes halogenated alkanes) is 1. The largest absolute Gasteiger partial charge is 0.290 e. The lowest BCUT2D eigenvalue weighted by atomic mass is 9.98. The first-order chi connectivity index (χ1) is 15.1. The SMILES string of the molecule is CCCCC1=NC(=C(C)C)C(=O)N1Cc1ccc(-c2ccccc2-c2nn[nH]n2)cc1. The maximum Gasteiger partial charge on any atom is 0.278 e. The van der Waals surface area contributed by atoms with E-state index in [4.69, 9.17) is 0 Å². The molecule has 0 fully saturated rings. The fourth-order valence-electron chi connectivity index (χ4n) is 3.67. The summed E-state index contributed by atoms with van der Waals surface area (Å²) in [4.78, 5) is 19.4. The molecule has 3 aromatic rings. The van der Waals surface area contributed by atoms with Crippen LogP contribution in [0.25, 0.3) is 22.5 Å². The minimum Gasteiger partial charge on any atom is -0.290 e. The van der Waals surface area contributed by atoms with E-state index in [0.717, 1.165) is 52.9 Å². The van der Waals surface area contributed by atoms with Crippen LogP contribution in [-0.2, 0) is 11.3 Å². The molecule has 7 heteroatoms. The number of aromatic nitrogens is 4. The summed E-state index contributed by atoms with van der Waals surface area (Å²) in [5.74, 6) is 1.43. The lowest BCUT2D eigenvalue weighted by Crippen LogP contribution is -2.31. The third-order valence-corrected chi connectivity index (χ3v) is 5.35. The van der Waals surface area contributed by atoms with Gasteiger partial charge in [-0.15, -0.1) is 10.2 Å². The summed E-state index contributed by atoms with van der Waals surface area (Å²) in [5, 5.41) is 14.4. The number of hydrogen-bond acceptors (Lipinski definition) is 5. The van der Waals surface area contributed by atoms with Crippen molar-refractivity contribution in [3.63, 3.8) is 0 Å². The molecule has 0 saturated carbocycles. The fourth-order valence-corrected chi connectivity index (χ4v) is 3.67. The van der Waals surface area contributed by atoms with Crippen molar-refractivity contribution in [2.45, 2.75) is 46.6 Å². The lowest BCUT2D eigenvalue weighted by Gasteiger charge is -2.19. The van der Waals surface area contributed by atoms with Gasteiger partial charge in [0.05, 0.1) is 6.54 Å². The van der Waals surface area contributed by atoms with Gasteiger partial charge in [-0.1, -0.05) is 61.9 Å². The maximum absolute atomic E-state index is 12.9. The number of benzene rings is 2. The molecule has 0 atom stereocenters.